The van der Waals surface area contributed by atoms with Gasteiger partial charge in [0.2, 0.25) is 0 Å². The molecule has 8 nitrogen and oxygen atoms in total. The molecule has 2 aromatic rings. The molecule has 0 saturated carbocycles. The maximum atomic E-state index is 12.6. The molecule has 32 heavy (non-hydrogen) atoms. The number of rotatable bonds is 6. The van der Waals surface area contributed by atoms with Crippen LogP contribution in [0.4, 0.5) is 18.9 Å². The molecule has 0 radical (unpaired) electrons. The summed E-state index contributed by atoms with van der Waals surface area (Å²) < 4.78 is 48.1. The van der Waals surface area contributed by atoms with Gasteiger partial charge < -0.3 is 14.6 Å². The van der Waals surface area contributed by atoms with Gasteiger partial charge in [-0.25, -0.2) is 9.59 Å². The molecule has 1 aliphatic heterocycles. The zero-order valence-electron chi connectivity index (χ0n) is 16.3. The van der Waals surface area contributed by atoms with Crippen LogP contribution in [0, 0.1) is 10.1 Å². The smallest absolute Gasteiger partial charge is 0.416 e. The number of cyclic esters (lactones) is 1. The first-order chi connectivity index (χ1) is 15.0. The van der Waals surface area contributed by atoms with E-state index in [0.717, 1.165) is 24.3 Å². The van der Waals surface area contributed by atoms with Gasteiger partial charge in [-0.1, -0.05) is 0 Å². The lowest BCUT2D eigenvalue weighted by Crippen LogP contribution is -2.39. The van der Waals surface area contributed by atoms with Gasteiger partial charge in [0.25, 0.3) is 5.69 Å². The molecule has 11 heteroatoms. The van der Waals surface area contributed by atoms with Crippen molar-refractivity contribution < 1.29 is 42.3 Å². The van der Waals surface area contributed by atoms with Crippen LogP contribution in [0.1, 0.15) is 27.9 Å². The fraction of sp³-hybridized carbons (Fsp3) is 0.238. The van der Waals surface area contributed by atoms with Crippen molar-refractivity contribution in [1.82, 2.24) is 0 Å². The van der Waals surface area contributed by atoms with E-state index in [1.54, 1.807) is 0 Å². The minimum absolute atomic E-state index is 0.111. The van der Waals surface area contributed by atoms with Crippen LogP contribution >= 0.6 is 0 Å². The van der Waals surface area contributed by atoms with Gasteiger partial charge in [-0.15, -0.1) is 0 Å². The summed E-state index contributed by atoms with van der Waals surface area (Å²) in [5.74, 6) is -1.71. The van der Waals surface area contributed by atoms with E-state index in [-0.39, 0.29) is 23.2 Å². The van der Waals surface area contributed by atoms with Crippen LogP contribution in [0.5, 0.6) is 0 Å². The van der Waals surface area contributed by atoms with E-state index in [9.17, 15) is 38.0 Å². The van der Waals surface area contributed by atoms with Crippen molar-refractivity contribution in [2.24, 2.45) is 0 Å². The molecule has 0 aliphatic carbocycles. The van der Waals surface area contributed by atoms with Gasteiger partial charge in [0, 0.05) is 24.1 Å². The number of aliphatic hydroxyl groups is 1. The third-order valence-electron chi connectivity index (χ3n) is 4.73. The first-order valence-electron chi connectivity index (χ1n) is 9.17. The zero-order valence-corrected chi connectivity index (χ0v) is 16.3. The number of nitro groups is 1. The van der Waals surface area contributed by atoms with Crippen molar-refractivity contribution in [2.75, 3.05) is 13.2 Å². The van der Waals surface area contributed by atoms with Crippen molar-refractivity contribution in [3.8, 4) is 0 Å². The summed E-state index contributed by atoms with van der Waals surface area (Å²) in [7, 11) is 0. The molecular formula is C21H16F3NO7. The molecule has 1 N–H and O–H groups in total. The normalized spacial score (nSPS) is 19.6. The average molecular weight is 451 g/mol. The number of nitro benzene ring substituents is 1. The van der Waals surface area contributed by atoms with Gasteiger partial charge >= 0.3 is 18.1 Å². The maximum absolute atomic E-state index is 12.6. The Balaban J connectivity index is 1.68. The summed E-state index contributed by atoms with van der Waals surface area (Å²) in [5.41, 5.74) is -2.10. The highest BCUT2D eigenvalue weighted by Crippen LogP contribution is 2.33. The van der Waals surface area contributed by atoms with E-state index < -0.39 is 47.4 Å². The zero-order chi connectivity index (χ0) is 23.5. The number of aliphatic hydroxyl groups excluding tert-OH is 1. The van der Waals surface area contributed by atoms with Crippen LogP contribution < -0.4 is 0 Å². The van der Waals surface area contributed by atoms with E-state index in [1.165, 1.54) is 30.3 Å². The lowest BCUT2D eigenvalue weighted by atomic mass is 9.98. The first-order valence-corrected chi connectivity index (χ1v) is 9.17. The van der Waals surface area contributed by atoms with Crippen molar-refractivity contribution >= 4 is 23.7 Å². The van der Waals surface area contributed by atoms with Gasteiger partial charge in [0.1, 0.15) is 6.61 Å². The number of benzene rings is 2. The minimum Gasteiger partial charge on any atom is -0.458 e. The van der Waals surface area contributed by atoms with E-state index in [2.05, 4.69) is 0 Å². The Labute approximate surface area is 179 Å². The molecule has 1 saturated heterocycles. The van der Waals surface area contributed by atoms with E-state index in [0.29, 0.717) is 5.56 Å². The number of carbonyl (C=O) groups excluding carboxylic acids is 2. The Morgan fingerprint density at radius 3 is 2.34 bits per heavy atom. The predicted molar refractivity (Wildman–Crippen MR) is 103 cm³/mol. The molecule has 0 aromatic heterocycles. The van der Waals surface area contributed by atoms with Gasteiger partial charge in [-0.05, 0) is 48.0 Å². The largest absolute Gasteiger partial charge is 0.458 e. The monoisotopic (exact) mass is 451 g/mol. The van der Waals surface area contributed by atoms with E-state index >= 15 is 0 Å². The Hall–Kier alpha value is -3.73. The lowest BCUT2D eigenvalue weighted by Gasteiger charge is -2.24. The second kappa shape index (κ2) is 8.79. The van der Waals surface area contributed by atoms with Crippen molar-refractivity contribution in [2.45, 2.75) is 18.2 Å². The van der Waals surface area contributed by atoms with Crippen LogP contribution in [0.15, 0.2) is 54.1 Å². The Kier molecular flexibility index (Phi) is 6.30. The average Bonchev–Trinajstić information content (AvgIpc) is 3.07. The van der Waals surface area contributed by atoms with E-state index in [4.69, 9.17) is 9.47 Å². The van der Waals surface area contributed by atoms with E-state index in [1.807, 2.05) is 0 Å². The topological polar surface area (TPSA) is 116 Å². The molecule has 1 fully saturated rings. The van der Waals surface area contributed by atoms with Crippen LogP contribution in [0.3, 0.4) is 0 Å². The molecule has 1 unspecified atom stereocenters. The second-order valence-electron chi connectivity index (χ2n) is 7.08. The van der Waals surface area contributed by atoms with Crippen molar-refractivity contribution in [3.63, 3.8) is 0 Å². The van der Waals surface area contributed by atoms with Gasteiger partial charge in [0.15, 0.2) is 5.60 Å². The summed E-state index contributed by atoms with van der Waals surface area (Å²) in [6.45, 7) is -1.19. The maximum Gasteiger partial charge on any atom is 0.416 e. The van der Waals surface area contributed by atoms with Gasteiger partial charge in [0.05, 0.1) is 22.7 Å². The molecule has 2 aromatic carbocycles. The molecule has 168 valence electrons. The van der Waals surface area contributed by atoms with Gasteiger partial charge in [-0.2, -0.15) is 13.2 Å². The van der Waals surface area contributed by atoms with Crippen LogP contribution in [-0.2, 0) is 20.4 Å². The minimum atomic E-state index is -4.55. The highest BCUT2D eigenvalue weighted by Gasteiger charge is 2.44. The van der Waals surface area contributed by atoms with Crippen molar-refractivity contribution in [1.29, 1.82) is 0 Å². The molecule has 1 aliphatic rings. The fourth-order valence-corrected chi connectivity index (χ4v) is 3.01. The Morgan fingerprint density at radius 1 is 1.19 bits per heavy atom. The molecule has 0 bridgehead atoms. The number of ether oxygens (including phenoxy) is 2. The summed E-state index contributed by atoms with van der Waals surface area (Å²) in [6, 6.07) is 8.77. The van der Waals surface area contributed by atoms with Crippen LogP contribution in [-0.4, -0.2) is 40.8 Å². The first kappa shape index (κ1) is 22.9. The summed E-state index contributed by atoms with van der Waals surface area (Å²) in [6.07, 6.45) is -3.23. The standard InChI is InChI=1S/C21H16F3NO7/c22-21(23,24)16-5-3-14(4-6-16)18(27)31-12-20(11-26)10-15(19(28)32-20)9-13-1-7-17(8-2-13)25(29)30/h1-9,26H,10-12H2/b15-9+. The highest BCUT2D eigenvalue weighted by atomic mass is 19.4. The van der Waals surface area contributed by atoms with Crippen LogP contribution in [0.2, 0.25) is 0 Å². The molecule has 3 rings (SSSR count). The number of alkyl halides is 3. The summed E-state index contributed by atoms with van der Waals surface area (Å²) >= 11 is 0. The highest BCUT2D eigenvalue weighted by molar-refractivity contribution is 5.96. The van der Waals surface area contributed by atoms with Gasteiger partial charge in [-0.3, -0.25) is 10.1 Å². The van der Waals surface area contributed by atoms with Crippen molar-refractivity contribution in [3.05, 3.63) is 80.9 Å². The third kappa shape index (κ3) is 5.11. The number of halogens is 3. The molecule has 1 heterocycles. The number of hydrogen-bond acceptors (Lipinski definition) is 7. The second-order valence-corrected chi connectivity index (χ2v) is 7.08. The Bertz CT molecular complexity index is 1060. The van der Waals surface area contributed by atoms with Crippen LogP contribution in [0.25, 0.3) is 6.08 Å². The summed E-state index contributed by atoms with van der Waals surface area (Å²) in [5, 5.41) is 20.4. The third-order valence-corrected chi connectivity index (χ3v) is 4.73. The number of esters is 2. The number of non-ortho nitro benzene ring substituents is 1. The molecule has 0 amide bonds. The fourth-order valence-electron chi connectivity index (χ4n) is 3.01. The number of hydrogen-bond donors (Lipinski definition) is 1. The molecular weight excluding hydrogens is 435 g/mol. The quantitative estimate of drug-likeness (QED) is 0.309. The predicted octanol–water partition coefficient (Wildman–Crippen LogP) is 3.53. The lowest BCUT2D eigenvalue weighted by molar-refractivity contribution is -0.384. The molecule has 1 atom stereocenters. The molecule has 0 spiro atoms. The Morgan fingerprint density at radius 2 is 1.81 bits per heavy atom. The SMILES string of the molecule is O=C1OC(CO)(COC(=O)c2ccc(C(F)(F)F)cc2)C/C1=C\c1ccc([N+](=O)[O-])cc1. The summed E-state index contributed by atoms with van der Waals surface area (Å²) in [4.78, 5) is 34.5. The number of carbonyl (C=O) groups is 2. The number of nitrogens with zero attached hydrogens (tertiary/aromatic N) is 1.